The molecule has 4 aromatic rings. The van der Waals surface area contributed by atoms with Crippen LogP contribution in [0.15, 0.2) is 65.7 Å². The van der Waals surface area contributed by atoms with Crippen molar-refractivity contribution in [2.75, 3.05) is 0 Å². The smallest absolute Gasteiger partial charge is 0.314 e. The van der Waals surface area contributed by atoms with Crippen LogP contribution >= 0.6 is 11.6 Å². The van der Waals surface area contributed by atoms with Gasteiger partial charge < -0.3 is 5.21 Å². The lowest BCUT2D eigenvalue weighted by Gasteiger charge is -2.04. The lowest BCUT2D eigenvalue weighted by atomic mass is 10.1. The number of rotatable bonds is 2. The molecule has 0 aliphatic carbocycles. The fraction of sp³-hybridized carbons (Fsp3) is 0. The minimum atomic E-state index is -0.575. The van der Waals surface area contributed by atoms with Crippen molar-refractivity contribution in [2.24, 2.45) is 0 Å². The van der Waals surface area contributed by atoms with E-state index in [0.717, 1.165) is 5.56 Å². The summed E-state index contributed by atoms with van der Waals surface area (Å²) in [5.74, 6) is 0. The van der Waals surface area contributed by atoms with Crippen molar-refractivity contribution >= 4 is 17.2 Å². The summed E-state index contributed by atoms with van der Waals surface area (Å²) in [7, 11) is 0. The van der Waals surface area contributed by atoms with Gasteiger partial charge in [-0.15, -0.1) is 0 Å². The van der Waals surface area contributed by atoms with Gasteiger partial charge in [0, 0.05) is 23.0 Å². The van der Waals surface area contributed by atoms with Crippen molar-refractivity contribution in [1.29, 1.82) is 0 Å². The summed E-state index contributed by atoms with van der Waals surface area (Å²) in [6, 6.07) is 14.2. The van der Waals surface area contributed by atoms with Crippen molar-refractivity contribution in [3.05, 3.63) is 76.3 Å². The van der Waals surface area contributed by atoms with E-state index in [2.05, 4.69) is 9.97 Å². The maximum atomic E-state index is 12.4. The summed E-state index contributed by atoms with van der Waals surface area (Å²) in [5.41, 5.74) is 1.96. The molecule has 1 N–H and O–H groups in total. The van der Waals surface area contributed by atoms with Crippen molar-refractivity contribution < 1.29 is 5.21 Å². The number of hydrogen-bond donors (Lipinski definition) is 1. The van der Waals surface area contributed by atoms with Crippen molar-refractivity contribution in [1.82, 2.24) is 19.3 Å². The highest BCUT2D eigenvalue weighted by molar-refractivity contribution is 6.30. The summed E-state index contributed by atoms with van der Waals surface area (Å²) >= 11 is 5.91. The molecule has 1 aromatic carbocycles. The molecule has 0 atom stereocenters. The second-order valence-corrected chi connectivity index (χ2v) is 5.61. The van der Waals surface area contributed by atoms with Crippen molar-refractivity contribution in [3.8, 4) is 22.5 Å². The van der Waals surface area contributed by atoms with Gasteiger partial charge in [0.1, 0.15) is 5.56 Å². The Labute approximate surface area is 141 Å². The standard InChI is InChI=1S/C17H11ClN4O2/c18-12-6-4-11(5-7-12)13-8-10-21-16(20-13)15(17(23)22(21)24)14-3-1-2-9-19-14/h1-10,24H. The molecule has 0 aliphatic heterocycles. The Bertz CT molecular complexity index is 1090. The predicted octanol–water partition coefficient (Wildman–Crippen LogP) is 3.12. The summed E-state index contributed by atoms with van der Waals surface area (Å²) in [6.45, 7) is 0. The highest BCUT2D eigenvalue weighted by Gasteiger charge is 2.18. The lowest BCUT2D eigenvalue weighted by molar-refractivity contribution is 0.128. The topological polar surface area (TPSA) is 72.4 Å². The molecule has 0 spiro atoms. The molecule has 0 fully saturated rings. The Morgan fingerprint density at radius 3 is 2.50 bits per heavy atom. The Morgan fingerprint density at radius 1 is 1.00 bits per heavy atom. The first-order chi connectivity index (χ1) is 11.6. The number of hydrogen-bond acceptors (Lipinski definition) is 4. The number of halogens is 1. The van der Waals surface area contributed by atoms with Crippen LogP contribution in [-0.2, 0) is 0 Å². The molecule has 3 aromatic heterocycles. The number of nitrogens with zero attached hydrogens (tertiary/aromatic N) is 4. The molecule has 4 rings (SSSR count). The van der Waals surface area contributed by atoms with E-state index in [0.29, 0.717) is 26.9 Å². The van der Waals surface area contributed by atoms with Crippen LogP contribution in [0, 0.1) is 0 Å². The molecule has 0 saturated heterocycles. The summed E-state index contributed by atoms with van der Waals surface area (Å²) in [4.78, 5) is 21.6. The van der Waals surface area contributed by atoms with Gasteiger partial charge in [0.15, 0.2) is 5.65 Å². The number of fused-ring (bicyclic) bond motifs is 1. The molecule has 0 unspecified atom stereocenters. The third-order valence-electron chi connectivity index (χ3n) is 3.70. The van der Waals surface area contributed by atoms with Gasteiger partial charge in [0.2, 0.25) is 0 Å². The monoisotopic (exact) mass is 338 g/mol. The highest BCUT2D eigenvalue weighted by Crippen LogP contribution is 2.23. The SMILES string of the molecule is O=c1c(-c2ccccn2)c2nc(-c3ccc(Cl)cc3)ccn2n1O. The maximum Gasteiger partial charge on any atom is 0.314 e. The second-order valence-electron chi connectivity index (χ2n) is 5.17. The van der Waals surface area contributed by atoms with Crippen LogP contribution in [-0.4, -0.2) is 24.5 Å². The molecule has 24 heavy (non-hydrogen) atoms. The zero-order chi connectivity index (χ0) is 16.7. The van der Waals surface area contributed by atoms with E-state index >= 15 is 0 Å². The predicted molar refractivity (Wildman–Crippen MR) is 90.3 cm³/mol. The molecule has 0 amide bonds. The fourth-order valence-electron chi connectivity index (χ4n) is 2.55. The molecule has 3 heterocycles. The average Bonchev–Trinajstić information content (AvgIpc) is 2.87. The molecule has 0 radical (unpaired) electrons. The first-order valence-corrected chi connectivity index (χ1v) is 7.54. The number of pyridine rings is 1. The molecule has 118 valence electrons. The third-order valence-corrected chi connectivity index (χ3v) is 3.95. The number of benzene rings is 1. The Hall–Kier alpha value is -3.12. The van der Waals surface area contributed by atoms with Crippen LogP contribution < -0.4 is 5.56 Å². The van der Waals surface area contributed by atoms with Crippen LogP contribution in [0.3, 0.4) is 0 Å². The van der Waals surface area contributed by atoms with Gasteiger partial charge in [-0.25, -0.2) is 9.50 Å². The van der Waals surface area contributed by atoms with E-state index in [-0.39, 0.29) is 5.56 Å². The van der Waals surface area contributed by atoms with E-state index in [4.69, 9.17) is 11.6 Å². The van der Waals surface area contributed by atoms with Gasteiger partial charge in [-0.1, -0.05) is 34.6 Å². The molecule has 6 nitrogen and oxygen atoms in total. The summed E-state index contributed by atoms with van der Waals surface area (Å²) < 4.78 is 1.28. The lowest BCUT2D eigenvalue weighted by Crippen LogP contribution is -2.17. The minimum absolute atomic E-state index is 0.244. The van der Waals surface area contributed by atoms with Gasteiger partial charge in [-0.05, 0) is 30.3 Å². The highest BCUT2D eigenvalue weighted by atomic mass is 35.5. The quantitative estimate of drug-likeness (QED) is 0.570. The normalized spacial score (nSPS) is 11.0. The van der Waals surface area contributed by atoms with E-state index in [9.17, 15) is 10.0 Å². The first-order valence-electron chi connectivity index (χ1n) is 7.16. The molecule has 0 bridgehead atoms. The first kappa shape index (κ1) is 14.5. The maximum absolute atomic E-state index is 12.4. The van der Waals surface area contributed by atoms with Crippen molar-refractivity contribution in [3.63, 3.8) is 0 Å². The summed E-state index contributed by atoms with van der Waals surface area (Å²) in [5, 5.41) is 10.7. The van der Waals surface area contributed by atoms with E-state index in [1.807, 2.05) is 12.1 Å². The summed E-state index contributed by atoms with van der Waals surface area (Å²) in [6.07, 6.45) is 3.17. The van der Waals surface area contributed by atoms with Crippen LogP contribution in [0.2, 0.25) is 5.02 Å². The average molecular weight is 339 g/mol. The van der Waals surface area contributed by atoms with E-state index < -0.39 is 5.56 Å². The van der Waals surface area contributed by atoms with Gasteiger partial charge in [0.25, 0.3) is 0 Å². The molecular formula is C17H11ClN4O2. The van der Waals surface area contributed by atoms with Crippen LogP contribution in [0.25, 0.3) is 28.2 Å². The van der Waals surface area contributed by atoms with Gasteiger partial charge in [-0.3, -0.25) is 9.78 Å². The van der Waals surface area contributed by atoms with Crippen LogP contribution in [0.4, 0.5) is 0 Å². The second kappa shape index (κ2) is 5.50. The Morgan fingerprint density at radius 2 is 1.79 bits per heavy atom. The van der Waals surface area contributed by atoms with Crippen LogP contribution in [0.5, 0.6) is 0 Å². The van der Waals surface area contributed by atoms with Crippen LogP contribution in [0.1, 0.15) is 0 Å². The Balaban J connectivity index is 1.99. The zero-order valence-corrected chi connectivity index (χ0v) is 13.1. The van der Waals surface area contributed by atoms with Gasteiger partial charge >= 0.3 is 5.56 Å². The molecule has 0 aliphatic rings. The van der Waals surface area contributed by atoms with Gasteiger partial charge in [-0.2, -0.15) is 0 Å². The molecule has 7 heteroatoms. The zero-order valence-electron chi connectivity index (χ0n) is 12.3. The largest absolute Gasteiger partial charge is 0.410 e. The van der Waals surface area contributed by atoms with Crippen molar-refractivity contribution in [2.45, 2.75) is 0 Å². The van der Waals surface area contributed by atoms with E-state index in [1.54, 1.807) is 48.8 Å². The third kappa shape index (κ3) is 2.24. The fourth-order valence-corrected chi connectivity index (χ4v) is 2.67. The van der Waals surface area contributed by atoms with E-state index in [1.165, 1.54) is 4.52 Å². The van der Waals surface area contributed by atoms with Gasteiger partial charge in [0.05, 0.1) is 11.4 Å². The minimum Gasteiger partial charge on any atom is -0.410 e. The number of aromatic nitrogens is 4. The molecule has 0 saturated carbocycles. The Kier molecular flexibility index (Phi) is 3.32. The molecular weight excluding hydrogens is 328 g/mol.